The molecule has 0 aliphatic rings. The fraction of sp³-hybridized carbons (Fsp3) is 0.250. The molecule has 6 nitrogen and oxygen atoms in total. The molecule has 2 rings (SSSR count). The van der Waals surface area contributed by atoms with Gasteiger partial charge in [0.2, 0.25) is 10.0 Å². The molecule has 0 atom stereocenters. The molecular formula is C12H14ClN3O3S. The van der Waals surface area contributed by atoms with E-state index < -0.39 is 10.0 Å². The largest absolute Gasteiger partial charge is 0.397 e. The van der Waals surface area contributed by atoms with Crippen LogP contribution in [0.25, 0.3) is 0 Å². The van der Waals surface area contributed by atoms with E-state index in [1.165, 1.54) is 29.6 Å². The Kier molecular flexibility index (Phi) is 4.03. The summed E-state index contributed by atoms with van der Waals surface area (Å²) in [5, 5.41) is 4.09. The maximum absolute atomic E-state index is 12.4. The van der Waals surface area contributed by atoms with Crippen molar-refractivity contribution in [1.29, 1.82) is 0 Å². The van der Waals surface area contributed by atoms with E-state index >= 15 is 0 Å². The summed E-state index contributed by atoms with van der Waals surface area (Å²) in [7, 11) is -2.19. The molecule has 0 bridgehead atoms. The summed E-state index contributed by atoms with van der Waals surface area (Å²) < 4.78 is 30.8. The first-order valence-corrected chi connectivity index (χ1v) is 7.56. The molecule has 1 heterocycles. The molecule has 0 saturated carbocycles. The third kappa shape index (κ3) is 2.95. The van der Waals surface area contributed by atoms with E-state index in [-0.39, 0.29) is 17.1 Å². The second kappa shape index (κ2) is 5.43. The molecule has 0 radical (unpaired) electrons. The first-order chi connectivity index (χ1) is 9.30. The molecule has 2 N–H and O–H groups in total. The molecule has 1 aromatic heterocycles. The van der Waals surface area contributed by atoms with Gasteiger partial charge in [0, 0.05) is 13.1 Å². The van der Waals surface area contributed by atoms with Crippen molar-refractivity contribution in [1.82, 2.24) is 9.46 Å². The predicted octanol–water partition coefficient (Wildman–Crippen LogP) is 2.04. The fourth-order valence-corrected chi connectivity index (χ4v) is 2.96. The number of nitrogen functional groups attached to an aromatic ring is 1. The fourth-order valence-electron chi connectivity index (χ4n) is 1.67. The smallest absolute Gasteiger partial charge is 0.243 e. The van der Waals surface area contributed by atoms with Gasteiger partial charge in [0.15, 0.2) is 0 Å². The molecule has 0 saturated heterocycles. The van der Waals surface area contributed by atoms with Crippen molar-refractivity contribution in [3.8, 4) is 0 Å². The van der Waals surface area contributed by atoms with Crippen LogP contribution < -0.4 is 5.73 Å². The summed E-state index contributed by atoms with van der Waals surface area (Å²) in [4.78, 5) is 0.0853. The highest BCUT2D eigenvalue weighted by Gasteiger charge is 2.22. The molecule has 0 spiro atoms. The van der Waals surface area contributed by atoms with E-state index in [2.05, 4.69) is 5.16 Å². The predicted molar refractivity (Wildman–Crippen MR) is 75.8 cm³/mol. The van der Waals surface area contributed by atoms with Gasteiger partial charge in [-0.05, 0) is 25.1 Å². The molecule has 2 aromatic rings. The molecule has 108 valence electrons. The molecule has 0 unspecified atom stereocenters. The van der Waals surface area contributed by atoms with E-state index in [9.17, 15) is 8.42 Å². The standard InChI is InChI=1S/C12H14ClN3O3S/c1-8-5-9(15-19-8)7-16(2)20(17,18)10-3-4-11(13)12(14)6-10/h3-6H,7,14H2,1-2H3. The van der Waals surface area contributed by atoms with Crippen molar-refractivity contribution in [3.63, 3.8) is 0 Å². The molecule has 0 amide bonds. The van der Waals surface area contributed by atoms with E-state index in [0.29, 0.717) is 16.5 Å². The maximum Gasteiger partial charge on any atom is 0.243 e. The number of sulfonamides is 1. The van der Waals surface area contributed by atoms with Crippen LogP contribution in [-0.2, 0) is 16.6 Å². The minimum atomic E-state index is -3.65. The summed E-state index contributed by atoms with van der Waals surface area (Å²) in [5.41, 5.74) is 6.39. The van der Waals surface area contributed by atoms with Gasteiger partial charge in [0.25, 0.3) is 0 Å². The maximum atomic E-state index is 12.4. The van der Waals surface area contributed by atoms with Crippen LogP contribution in [0.5, 0.6) is 0 Å². The number of aromatic nitrogens is 1. The van der Waals surface area contributed by atoms with Crippen molar-refractivity contribution in [2.75, 3.05) is 12.8 Å². The molecular weight excluding hydrogens is 302 g/mol. The molecule has 8 heteroatoms. The third-order valence-electron chi connectivity index (χ3n) is 2.74. The zero-order chi connectivity index (χ0) is 14.9. The number of nitrogens with zero attached hydrogens (tertiary/aromatic N) is 2. The average molecular weight is 316 g/mol. The Bertz CT molecular complexity index is 727. The SMILES string of the molecule is Cc1cc(CN(C)S(=O)(=O)c2ccc(Cl)c(N)c2)no1. The van der Waals surface area contributed by atoms with Crippen LogP contribution in [0.2, 0.25) is 5.02 Å². The second-order valence-electron chi connectivity index (χ2n) is 4.37. The van der Waals surface area contributed by atoms with Gasteiger partial charge in [-0.15, -0.1) is 0 Å². The minimum Gasteiger partial charge on any atom is -0.397 e. The number of nitrogens with two attached hydrogens (primary N) is 1. The van der Waals surface area contributed by atoms with Gasteiger partial charge in [-0.2, -0.15) is 4.31 Å². The Hall–Kier alpha value is -1.57. The summed E-state index contributed by atoms with van der Waals surface area (Å²) in [5.74, 6) is 0.626. The second-order valence-corrected chi connectivity index (χ2v) is 6.83. The quantitative estimate of drug-likeness (QED) is 0.872. The van der Waals surface area contributed by atoms with Crippen LogP contribution in [-0.4, -0.2) is 24.9 Å². The minimum absolute atomic E-state index is 0.0853. The molecule has 1 aromatic carbocycles. The Morgan fingerprint density at radius 3 is 2.65 bits per heavy atom. The summed E-state index contributed by atoms with van der Waals surface area (Å²) in [6.45, 7) is 1.85. The lowest BCUT2D eigenvalue weighted by molar-refractivity contribution is 0.378. The third-order valence-corrected chi connectivity index (χ3v) is 4.88. The normalized spacial score (nSPS) is 12.0. The van der Waals surface area contributed by atoms with E-state index in [0.717, 1.165) is 0 Å². The highest BCUT2D eigenvalue weighted by molar-refractivity contribution is 7.89. The first-order valence-electron chi connectivity index (χ1n) is 5.74. The molecule has 0 aliphatic heterocycles. The van der Waals surface area contributed by atoms with Gasteiger partial charge in [-0.25, -0.2) is 8.42 Å². The zero-order valence-corrected chi connectivity index (χ0v) is 12.6. The monoisotopic (exact) mass is 315 g/mol. The molecule has 0 aliphatic carbocycles. The first kappa shape index (κ1) is 14.8. The van der Waals surface area contributed by atoms with E-state index in [1.807, 2.05) is 0 Å². The van der Waals surface area contributed by atoms with Gasteiger partial charge in [-0.1, -0.05) is 16.8 Å². The van der Waals surface area contributed by atoms with Gasteiger partial charge in [0.05, 0.1) is 27.8 Å². The topological polar surface area (TPSA) is 89.4 Å². The van der Waals surface area contributed by atoms with Crippen molar-refractivity contribution in [3.05, 3.63) is 40.7 Å². The molecule has 20 heavy (non-hydrogen) atoms. The number of hydrogen-bond acceptors (Lipinski definition) is 5. The zero-order valence-electron chi connectivity index (χ0n) is 11.0. The number of aryl methyl sites for hydroxylation is 1. The highest BCUT2D eigenvalue weighted by Crippen LogP contribution is 2.24. The van der Waals surface area contributed by atoms with Crippen molar-refractivity contribution in [2.24, 2.45) is 0 Å². The van der Waals surface area contributed by atoms with Crippen LogP contribution in [0.1, 0.15) is 11.5 Å². The van der Waals surface area contributed by atoms with Crippen molar-refractivity contribution < 1.29 is 12.9 Å². The number of rotatable bonds is 4. The van der Waals surface area contributed by atoms with Gasteiger partial charge in [0.1, 0.15) is 5.76 Å². The lowest BCUT2D eigenvalue weighted by atomic mass is 10.3. The average Bonchev–Trinajstić information content (AvgIpc) is 2.78. The molecule has 0 fully saturated rings. The lowest BCUT2D eigenvalue weighted by Crippen LogP contribution is -2.26. The summed E-state index contributed by atoms with van der Waals surface area (Å²) >= 11 is 5.79. The Morgan fingerprint density at radius 1 is 1.40 bits per heavy atom. The van der Waals surface area contributed by atoms with Crippen molar-refractivity contribution in [2.45, 2.75) is 18.4 Å². The van der Waals surface area contributed by atoms with Crippen LogP contribution in [0, 0.1) is 6.92 Å². The number of halogens is 1. The summed E-state index contributed by atoms with van der Waals surface area (Å²) in [6.07, 6.45) is 0. The highest BCUT2D eigenvalue weighted by atomic mass is 35.5. The van der Waals surface area contributed by atoms with Crippen LogP contribution in [0.15, 0.2) is 33.7 Å². The van der Waals surface area contributed by atoms with E-state index in [4.69, 9.17) is 21.9 Å². The number of benzene rings is 1. The van der Waals surface area contributed by atoms with E-state index in [1.54, 1.807) is 13.0 Å². The van der Waals surface area contributed by atoms with Gasteiger partial charge >= 0.3 is 0 Å². The Labute approximate surface area is 122 Å². The Morgan fingerprint density at radius 2 is 2.10 bits per heavy atom. The number of anilines is 1. The van der Waals surface area contributed by atoms with Crippen LogP contribution >= 0.6 is 11.6 Å². The summed E-state index contributed by atoms with van der Waals surface area (Å²) in [6, 6.07) is 5.89. The van der Waals surface area contributed by atoms with Gasteiger partial charge in [-0.3, -0.25) is 0 Å². The van der Waals surface area contributed by atoms with Crippen LogP contribution in [0.3, 0.4) is 0 Å². The number of hydrogen-bond donors (Lipinski definition) is 1. The van der Waals surface area contributed by atoms with Crippen molar-refractivity contribution >= 4 is 27.3 Å². The van der Waals surface area contributed by atoms with Crippen LogP contribution in [0.4, 0.5) is 5.69 Å². The lowest BCUT2D eigenvalue weighted by Gasteiger charge is -2.16. The van der Waals surface area contributed by atoms with Gasteiger partial charge < -0.3 is 10.3 Å². The Balaban J connectivity index is 2.27.